The zero-order valence-corrected chi connectivity index (χ0v) is 25.3. The van der Waals surface area contributed by atoms with Gasteiger partial charge in [-0.15, -0.1) is 34.6 Å². The van der Waals surface area contributed by atoms with E-state index >= 15 is 0 Å². The number of halogens is 3. The Balaban J connectivity index is 1.43. The monoisotopic (exact) mass is 685 g/mol. The third-order valence-electron chi connectivity index (χ3n) is 6.66. The Hall–Kier alpha value is -4.16. The number of oxime groups is 1. The summed E-state index contributed by atoms with van der Waals surface area (Å²) in [4.78, 5) is 60.6. The molecule has 1 aliphatic carbocycles. The number of hydrogen-bond donors (Lipinski definition) is 3. The lowest BCUT2D eigenvalue weighted by Gasteiger charge is -2.46. The maximum Gasteiger partial charge on any atom is 0.471 e. The standard InChI is InChI=1S/C24H22F3N9O6S3/c1-2-7-35-23(31-33-34-35)44-9-12-17(20(39)40)36-14(37)8-15(36)45-19(12)29-18(38)16(32-42-11-5-3-4-6-11)13-10-43-22(28-13)30-21(41)24(25,26)27/h1,10-11,15,19H,3-9H2,(H,29,38)(H,39,40)(H,28,30,41)/b32-16-/t15-,19?/m1/s1. The summed E-state index contributed by atoms with van der Waals surface area (Å²) in [6.07, 6.45) is 3.06. The number of hydrogen-bond acceptors (Lipinski definition) is 13. The fourth-order valence-electron chi connectivity index (χ4n) is 4.54. The lowest BCUT2D eigenvalue weighted by Crippen LogP contribution is -2.58. The van der Waals surface area contributed by atoms with Gasteiger partial charge in [0.25, 0.3) is 5.91 Å². The number of tetrazole rings is 1. The van der Waals surface area contributed by atoms with Crippen molar-refractivity contribution in [2.75, 3.05) is 11.1 Å². The number of nitrogens with one attached hydrogen (secondary N) is 2. The lowest BCUT2D eigenvalue weighted by molar-refractivity contribution is -0.167. The Labute approximate surface area is 264 Å². The molecule has 238 valence electrons. The van der Waals surface area contributed by atoms with E-state index in [0.717, 1.165) is 41.3 Å². The fraction of sp³-hybridized carbons (Fsp3) is 0.458. The molecule has 2 aromatic rings. The van der Waals surface area contributed by atoms with E-state index in [1.165, 1.54) is 10.1 Å². The molecule has 1 unspecified atom stereocenters. The number of carbonyl (C=O) groups is 4. The van der Waals surface area contributed by atoms with Crippen molar-refractivity contribution in [1.29, 1.82) is 0 Å². The van der Waals surface area contributed by atoms with Crippen molar-refractivity contribution < 1.29 is 42.3 Å². The summed E-state index contributed by atoms with van der Waals surface area (Å²) in [6.45, 7) is 0.0433. The van der Waals surface area contributed by atoms with Crippen molar-refractivity contribution in [1.82, 2.24) is 35.4 Å². The van der Waals surface area contributed by atoms with E-state index in [0.29, 0.717) is 24.2 Å². The number of aliphatic carboxylic acids is 1. The van der Waals surface area contributed by atoms with Crippen LogP contribution in [0.3, 0.4) is 0 Å². The van der Waals surface area contributed by atoms with Crippen LogP contribution in [0.1, 0.15) is 37.8 Å². The molecule has 1 saturated carbocycles. The molecule has 15 nitrogen and oxygen atoms in total. The second-order valence-electron chi connectivity index (χ2n) is 9.64. The first-order valence-corrected chi connectivity index (χ1v) is 15.9. The Morgan fingerprint density at radius 1 is 1.29 bits per heavy atom. The van der Waals surface area contributed by atoms with E-state index in [1.807, 2.05) is 0 Å². The number of nitrogens with zero attached hydrogens (tertiary/aromatic N) is 7. The molecule has 1 saturated heterocycles. The Morgan fingerprint density at radius 2 is 2.04 bits per heavy atom. The molecule has 3 N–H and O–H groups in total. The van der Waals surface area contributed by atoms with Crippen LogP contribution in [-0.4, -0.2) is 93.4 Å². The van der Waals surface area contributed by atoms with Gasteiger partial charge in [-0.05, 0) is 36.1 Å². The van der Waals surface area contributed by atoms with Crippen LogP contribution in [0, 0.1) is 12.3 Å². The van der Waals surface area contributed by atoms with Gasteiger partial charge in [0, 0.05) is 16.7 Å². The molecule has 5 rings (SSSR count). The van der Waals surface area contributed by atoms with Crippen molar-refractivity contribution in [3.05, 3.63) is 22.3 Å². The van der Waals surface area contributed by atoms with E-state index in [-0.39, 0.29) is 46.9 Å². The van der Waals surface area contributed by atoms with E-state index in [1.54, 1.807) is 5.32 Å². The molecule has 3 amide bonds. The van der Waals surface area contributed by atoms with Crippen molar-refractivity contribution >= 4 is 69.4 Å². The average Bonchev–Trinajstić information content (AvgIpc) is 3.75. The van der Waals surface area contributed by atoms with Crippen LogP contribution in [0.15, 0.2) is 27.0 Å². The van der Waals surface area contributed by atoms with Gasteiger partial charge in [-0.1, -0.05) is 22.8 Å². The van der Waals surface area contributed by atoms with Crippen LogP contribution < -0.4 is 10.6 Å². The van der Waals surface area contributed by atoms with Gasteiger partial charge >= 0.3 is 18.1 Å². The summed E-state index contributed by atoms with van der Waals surface area (Å²) in [7, 11) is 0. The summed E-state index contributed by atoms with van der Waals surface area (Å²) < 4.78 is 39.6. The maximum atomic E-state index is 13.7. The minimum Gasteiger partial charge on any atom is -0.477 e. The number of fused-ring (bicyclic) bond motifs is 1. The van der Waals surface area contributed by atoms with E-state index in [4.69, 9.17) is 11.3 Å². The number of rotatable bonds is 11. The van der Waals surface area contributed by atoms with Crippen molar-refractivity contribution in [3.8, 4) is 12.3 Å². The van der Waals surface area contributed by atoms with Gasteiger partial charge in [-0.2, -0.15) is 13.2 Å². The maximum absolute atomic E-state index is 13.7. The second-order valence-corrected chi connectivity index (χ2v) is 12.7. The Morgan fingerprint density at radius 3 is 2.71 bits per heavy atom. The average molecular weight is 686 g/mol. The van der Waals surface area contributed by atoms with Gasteiger partial charge in [0.2, 0.25) is 11.1 Å². The molecule has 2 aromatic heterocycles. The van der Waals surface area contributed by atoms with E-state index in [2.05, 4.69) is 36.9 Å². The predicted octanol–water partition coefficient (Wildman–Crippen LogP) is 1.81. The number of carbonyl (C=O) groups excluding carboxylic acids is 3. The molecule has 45 heavy (non-hydrogen) atoms. The zero-order valence-electron chi connectivity index (χ0n) is 22.8. The summed E-state index contributed by atoms with van der Waals surface area (Å²) >= 11 is 2.79. The number of thiazole rings is 1. The Kier molecular flexibility index (Phi) is 9.64. The van der Waals surface area contributed by atoms with E-state index < -0.39 is 51.5 Å². The molecule has 2 atom stereocenters. The minimum atomic E-state index is -5.16. The molecular weight excluding hydrogens is 664 g/mol. The van der Waals surface area contributed by atoms with Crippen LogP contribution in [0.4, 0.5) is 18.3 Å². The first-order valence-electron chi connectivity index (χ1n) is 13.1. The summed E-state index contributed by atoms with van der Waals surface area (Å²) in [6, 6.07) is 0. The highest BCUT2D eigenvalue weighted by Gasteiger charge is 2.49. The molecule has 2 aliphatic heterocycles. The van der Waals surface area contributed by atoms with Crippen molar-refractivity contribution in [2.45, 2.75) is 66.8 Å². The Bertz CT molecular complexity index is 1610. The largest absolute Gasteiger partial charge is 0.477 e. The third kappa shape index (κ3) is 7.23. The highest BCUT2D eigenvalue weighted by molar-refractivity contribution is 8.01. The molecule has 21 heteroatoms. The first kappa shape index (κ1) is 32.2. The minimum absolute atomic E-state index is 0.0365. The molecule has 2 fully saturated rings. The quantitative estimate of drug-likeness (QED) is 0.102. The highest BCUT2D eigenvalue weighted by atomic mass is 32.2. The number of carboxylic acid groups (broad SMARTS) is 1. The first-order chi connectivity index (χ1) is 21.5. The van der Waals surface area contributed by atoms with Gasteiger partial charge in [0.15, 0.2) is 10.8 Å². The van der Waals surface area contributed by atoms with Gasteiger partial charge in [0.1, 0.15) is 29.4 Å². The van der Waals surface area contributed by atoms with Crippen LogP contribution in [-0.2, 0) is 30.6 Å². The third-order valence-corrected chi connectivity index (χ3v) is 9.79. The van der Waals surface area contributed by atoms with Crippen LogP contribution in [0.2, 0.25) is 0 Å². The number of aromatic nitrogens is 5. The fourth-order valence-corrected chi connectivity index (χ4v) is 7.70. The number of alkyl halides is 3. The van der Waals surface area contributed by atoms with Crippen LogP contribution in [0.5, 0.6) is 0 Å². The number of β-lactam (4-membered cyclic amide) rings is 1. The SMILES string of the molecule is C#CCn1nnnc1SCC1=C(C(=O)O)N2C(=O)C[C@H]2SC1NC(=O)/C(=N\OC1CCCC1)c1csc(NC(=O)C(F)(F)F)n1. The molecule has 4 heterocycles. The van der Waals surface area contributed by atoms with Crippen molar-refractivity contribution in [2.24, 2.45) is 5.16 Å². The molecule has 0 bridgehead atoms. The number of amides is 3. The second kappa shape index (κ2) is 13.5. The number of carboxylic acids is 1. The zero-order chi connectivity index (χ0) is 32.3. The van der Waals surface area contributed by atoms with Gasteiger partial charge < -0.3 is 15.3 Å². The number of anilines is 1. The molecular formula is C24H22F3N9O6S3. The number of thioether (sulfide) groups is 2. The van der Waals surface area contributed by atoms with Gasteiger partial charge in [-0.25, -0.2) is 14.5 Å². The van der Waals surface area contributed by atoms with Gasteiger partial charge in [-0.3, -0.25) is 24.6 Å². The van der Waals surface area contributed by atoms with Gasteiger partial charge in [0.05, 0.1) is 11.8 Å². The highest BCUT2D eigenvalue weighted by Crippen LogP contribution is 2.44. The van der Waals surface area contributed by atoms with Crippen LogP contribution >= 0.6 is 34.9 Å². The predicted molar refractivity (Wildman–Crippen MR) is 153 cm³/mol. The molecule has 0 radical (unpaired) electrons. The smallest absolute Gasteiger partial charge is 0.471 e. The summed E-state index contributed by atoms with van der Waals surface area (Å²) in [5, 5.41) is 29.2. The molecule has 0 aromatic carbocycles. The molecule has 0 spiro atoms. The summed E-state index contributed by atoms with van der Waals surface area (Å²) in [5.74, 6) is -2.60. The number of terminal acetylenes is 1. The summed E-state index contributed by atoms with van der Waals surface area (Å²) in [5.41, 5.74) is -0.741. The van der Waals surface area contributed by atoms with Crippen molar-refractivity contribution in [3.63, 3.8) is 0 Å². The lowest BCUT2D eigenvalue weighted by atomic mass is 10.1. The van der Waals surface area contributed by atoms with E-state index in [9.17, 15) is 37.5 Å². The molecule has 3 aliphatic rings. The normalized spacial score (nSPS) is 20.4. The topological polar surface area (TPSA) is 194 Å². The van der Waals surface area contributed by atoms with Crippen LogP contribution in [0.25, 0.3) is 0 Å².